The first-order valence-electron chi connectivity index (χ1n) is 5.01. The van der Waals surface area contributed by atoms with E-state index >= 15 is 0 Å². The molecule has 112 valence electrons. The molecule has 5 nitrogen and oxygen atoms in total. The third-order valence-electron chi connectivity index (χ3n) is 2.28. The van der Waals surface area contributed by atoms with Gasteiger partial charge in [-0.15, -0.1) is 0 Å². The summed E-state index contributed by atoms with van der Waals surface area (Å²) in [7, 11) is -3.62. The van der Waals surface area contributed by atoms with Crippen molar-refractivity contribution in [2.75, 3.05) is 13.6 Å². The first-order chi connectivity index (χ1) is 8.95. The first kappa shape index (κ1) is 17.2. The lowest BCUT2D eigenvalue weighted by molar-refractivity contribution is -0.134. The molecule has 1 aromatic carbocycles. The Kier molecular flexibility index (Phi) is 5.03. The van der Waals surface area contributed by atoms with E-state index in [-0.39, 0.29) is 13.4 Å². The van der Waals surface area contributed by atoms with Crippen LogP contribution in [0.1, 0.15) is 10.4 Å². The SMILES string of the molecule is CN(CC(F)(F)F)S(=O)(=O)c1ccc(I)c(C(=O)O)c1. The van der Waals surface area contributed by atoms with Gasteiger partial charge in [-0.1, -0.05) is 0 Å². The lowest BCUT2D eigenvalue weighted by atomic mass is 10.2. The monoisotopic (exact) mass is 423 g/mol. The molecule has 0 heterocycles. The largest absolute Gasteiger partial charge is 0.478 e. The maximum absolute atomic E-state index is 12.2. The van der Waals surface area contributed by atoms with Crippen LogP contribution in [0.3, 0.4) is 0 Å². The number of carboxylic acid groups (broad SMARTS) is 1. The van der Waals surface area contributed by atoms with Crippen molar-refractivity contribution in [2.45, 2.75) is 11.1 Å². The molecule has 0 bridgehead atoms. The molecule has 1 N–H and O–H groups in total. The molecule has 1 aromatic rings. The Morgan fingerprint density at radius 2 is 1.95 bits per heavy atom. The van der Waals surface area contributed by atoms with Gasteiger partial charge in [-0.3, -0.25) is 0 Å². The van der Waals surface area contributed by atoms with Gasteiger partial charge in [-0.25, -0.2) is 13.2 Å². The summed E-state index contributed by atoms with van der Waals surface area (Å²) in [5.74, 6) is -1.36. The van der Waals surface area contributed by atoms with Crippen molar-refractivity contribution in [3.8, 4) is 0 Å². The van der Waals surface area contributed by atoms with Gasteiger partial charge in [0.25, 0.3) is 0 Å². The van der Waals surface area contributed by atoms with Crippen LogP contribution in [0, 0.1) is 3.57 Å². The van der Waals surface area contributed by atoms with Crippen LogP contribution in [0.15, 0.2) is 23.1 Å². The molecular weight excluding hydrogens is 414 g/mol. The standard InChI is InChI=1S/C10H9F3INO4S/c1-15(5-10(11,12)13)20(18,19)6-2-3-8(14)7(4-6)9(16)17/h2-4H,5H2,1H3,(H,16,17). The van der Waals surface area contributed by atoms with Crippen LogP contribution in [0.2, 0.25) is 0 Å². The minimum absolute atomic E-state index is 0.126. The maximum atomic E-state index is 12.2. The zero-order valence-electron chi connectivity index (χ0n) is 9.98. The highest BCUT2D eigenvalue weighted by atomic mass is 127. The lowest BCUT2D eigenvalue weighted by Crippen LogP contribution is -2.35. The number of hydrogen-bond acceptors (Lipinski definition) is 3. The van der Waals surface area contributed by atoms with Gasteiger partial charge < -0.3 is 5.11 Å². The van der Waals surface area contributed by atoms with Crippen LogP contribution < -0.4 is 0 Å². The van der Waals surface area contributed by atoms with Crippen LogP contribution in [-0.2, 0) is 10.0 Å². The third-order valence-corrected chi connectivity index (χ3v) is 5.02. The Morgan fingerprint density at radius 1 is 1.40 bits per heavy atom. The second-order valence-corrected chi connectivity index (χ2v) is 7.03. The van der Waals surface area contributed by atoms with Gasteiger partial charge in [0.15, 0.2) is 0 Å². The molecule has 0 saturated heterocycles. The normalized spacial score (nSPS) is 12.7. The summed E-state index contributed by atoms with van der Waals surface area (Å²) in [4.78, 5) is 10.4. The number of sulfonamides is 1. The average molecular weight is 423 g/mol. The quantitative estimate of drug-likeness (QED) is 0.754. The number of rotatable bonds is 4. The van der Waals surface area contributed by atoms with Gasteiger partial charge in [0.05, 0.1) is 10.5 Å². The van der Waals surface area contributed by atoms with E-state index in [9.17, 15) is 26.4 Å². The van der Waals surface area contributed by atoms with E-state index < -0.39 is 33.6 Å². The smallest absolute Gasteiger partial charge is 0.402 e. The minimum atomic E-state index is -4.68. The van der Waals surface area contributed by atoms with Crippen molar-refractivity contribution >= 4 is 38.6 Å². The van der Waals surface area contributed by atoms with Crippen molar-refractivity contribution in [2.24, 2.45) is 0 Å². The van der Waals surface area contributed by atoms with Crippen LogP contribution >= 0.6 is 22.6 Å². The second kappa shape index (κ2) is 5.85. The molecule has 0 aliphatic heterocycles. The van der Waals surface area contributed by atoms with Crippen molar-refractivity contribution in [3.05, 3.63) is 27.3 Å². The number of alkyl halides is 3. The molecule has 0 amide bonds. The summed E-state index contributed by atoms with van der Waals surface area (Å²) in [5.41, 5.74) is -0.285. The van der Waals surface area contributed by atoms with E-state index in [0.29, 0.717) is 0 Å². The summed E-state index contributed by atoms with van der Waals surface area (Å²) in [5, 5.41) is 8.89. The Balaban J connectivity index is 3.23. The molecule has 0 fully saturated rings. The highest BCUT2D eigenvalue weighted by molar-refractivity contribution is 14.1. The number of halogens is 4. The van der Waals surface area contributed by atoms with Gasteiger partial charge >= 0.3 is 12.1 Å². The number of carbonyl (C=O) groups is 1. The molecule has 10 heteroatoms. The molecule has 0 saturated carbocycles. The van der Waals surface area contributed by atoms with Crippen LogP contribution in [-0.4, -0.2) is 43.6 Å². The summed E-state index contributed by atoms with van der Waals surface area (Å²) in [6, 6.07) is 3.13. The Labute approximate surface area is 126 Å². The predicted octanol–water partition coefficient (Wildman–Crippen LogP) is 2.17. The van der Waals surface area contributed by atoms with E-state index in [1.165, 1.54) is 6.07 Å². The molecular formula is C10H9F3INO4S. The minimum Gasteiger partial charge on any atom is -0.478 e. The Bertz CT molecular complexity index is 630. The van der Waals surface area contributed by atoms with Gasteiger partial charge in [-0.05, 0) is 40.8 Å². The number of hydrogen-bond donors (Lipinski definition) is 1. The Morgan fingerprint density at radius 3 is 2.40 bits per heavy atom. The molecule has 0 atom stereocenters. The third kappa shape index (κ3) is 4.06. The maximum Gasteiger partial charge on any atom is 0.402 e. The number of benzene rings is 1. The summed E-state index contributed by atoms with van der Waals surface area (Å²) < 4.78 is 60.9. The number of carboxylic acids is 1. The topological polar surface area (TPSA) is 74.7 Å². The molecule has 0 aliphatic carbocycles. The summed E-state index contributed by atoms with van der Waals surface area (Å²) >= 11 is 1.69. The van der Waals surface area contributed by atoms with Gasteiger partial charge in [0.2, 0.25) is 10.0 Å². The highest BCUT2D eigenvalue weighted by Crippen LogP contribution is 2.23. The van der Waals surface area contributed by atoms with Crippen LogP contribution in [0.25, 0.3) is 0 Å². The van der Waals surface area contributed by atoms with Gasteiger partial charge in [0.1, 0.15) is 6.54 Å². The van der Waals surface area contributed by atoms with Crippen LogP contribution in [0.5, 0.6) is 0 Å². The van der Waals surface area contributed by atoms with E-state index in [2.05, 4.69) is 0 Å². The fourth-order valence-electron chi connectivity index (χ4n) is 1.35. The van der Waals surface area contributed by atoms with E-state index in [1.54, 1.807) is 22.6 Å². The van der Waals surface area contributed by atoms with Gasteiger partial charge in [0, 0.05) is 10.6 Å². The zero-order valence-corrected chi connectivity index (χ0v) is 13.0. The molecule has 0 aliphatic rings. The summed E-state index contributed by atoms with van der Waals surface area (Å²) in [6.07, 6.45) is -4.68. The number of nitrogens with zero attached hydrogens (tertiary/aromatic N) is 1. The highest BCUT2D eigenvalue weighted by Gasteiger charge is 2.35. The van der Waals surface area contributed by atoms with E-state index in [1.807, 2.05) is 0 Å². The predicted molar refractivity (Wildman–Crippen MR) is 72.0 cm³/mol. The van der Waals surface area contributed by atoms with Crippen LogP contribution in [0.4, 0.5) is 13.2 Å². The molecule has 20 heavy (non-hydrogen) atoms. The molecule has 0 aromatic heterocycles. The van der Waals surface area contributed by atoms with E-state index in [4.69, 9.17) is 5.11 Å². The fourth-order valence-corrected chi connectivity index (χ4v) is 3.10. The van der Waals surface area contributed by atoms with Crippen molar-refractivity contribution in [1.82, 2.24) is 4.31 Å². The summed E-state index contributed by atoms with van der Waals surface area (Å²) in [6.45, 7) is -1.65. The average Bonchev–Trinajstić information content (AvgIpc) is 2.26. The Hall–Kier alpha value is -0.880. The van der Waals surface area contributed by atoms with E-state index in [0.717, 1.165) is 19.2 Å². The fraction of sp³-hybridized carbons (Fsp3) is 0.300. The molecule has 0 unspecified atom stereocenters. The number of aromatic carboxylic acids is 1. The molecule has 1 rings (SSSR count). The zero-order chi connectivity index (χ0) is 15.7. The second-order valence-electron chi connectivity index (χ2n) is 3.82. The van der Waals surface area contributed by atoms with Crippen molar-refractivity contribution in [1.29, 1.82) is 0 Å². The lowest BCUT2D eigenvalue weighted by Gasteiger charge is -2.19. The van der Waals surface area contributed by atoms with Crippen molar-refractivity contribution in [3.63, 3.8) is 0 Å². The van der Waals surface area contributed by atoms with Gasteiger partial charge in [-0.2, -0.15) is 17.5 Å². The molecule has 0 radical (unpaired) electrons. The first-order valence-corrected chi connectivity index (χ1v) is 7.53. The molecule has 0 spiro atoms. The van der Waals surface area contributed by atoms with Crippen molar-refractivity contribution < 1.29 is 31.5 Å².